The quantitative estimate of drug-likeness (QED) is 0.731. The summed E-state index contributed by atoms with van der Waals surface area (Å²) < 4.78 is 5.62. The van der Waals surface area contributed by atoms with E-state index in [1.165, 1.54) is 0 Å². The lowest BCUT2D eigenvalue weighted by atomic mass is 10.1. The highest BCUT2D eigenvalue weighted by Crippen LogP contribution is 2.14. The molecule has 0 amide bonds. The molecule has 2 heterocycles. The Morgan fingerprint density at radius 2 is 2.57 bits per heavy atom. The van der Waals surface area contributed by atoms with Gasteiger partial charge in [0.25, 0.3) is 0 Å². The van der Waals surface area contributed by atoms with E-state index >= 15 is 0 Å². The molecule has 1 aliphatic rings. The fourth-order valence-electron chi connectivity index (χ4n) is 1.43. The number of ether oxygens (including phenoxy) is 1. The van der Waals surface area contributed by atoms with Crippen LogP contribution >= 0.6 is 0 Å². The SMILES string of the molecule is C[C@]1(COc2cccnc2)C=CCN1. The largest absolute Gasteiger partial charge is 0.490 e. The Kier molecular flexibility index (Phi) is 2.50. The van der Waals surface area contributed by atoms with E-state index in [2.05, 4.69) is 29.4 Å². The Morgan fingerprint density at radius 3 is 3.21 bits per heavy atom. The fourth-order valence-corrected chi connectivity index (χ4v) is 1.43. The van der Waals surface area contributed by atoms with Crippen LogP contribution in [0.3, 0.4) is 0 Å². The standard InChI is InChI=1S/C11H14N2O/c1-11(5-3-7-13-11)9-14-10-4-2-6-12-8-10/h2-6,8,13H,7,9H2,1H3/t11-/m1/s1. The molecule has 3 heteroatoms. The van der Waals surface area contributed by atoms with Crippen molar-refractivity contribution in [2.45, 2.75) is 12.5 Å². The van der Waals surface area contributed by atoms with Crippen LogP contribution in [0.25, 0.3) is 0 Å². The molecule has 0 aliphatic carbocycles. The van der Waals surface area contributed by atoms with Crippen molar-refractivity contribution in [3.8, 4) is 5.75 Å². The first kappa shape index (κ1) is 9.21. The maximum atomic E-state index is 5.62. The van der Waals surface area contributed by atoms with Gasteiger partial charge in [-0.25, -0.2) is 0 Å². The number of hydrogen-bond donors (Lipinski definition) is 1. The lowest BCUT2D eigenvalue weighted by Crippen LogP contribution is -2.42. The van der Waals surface area contributed by atoms with Crippen molar-refractivity contribution in [2.24, 2.45) is 0 Å². The van der Waals surface area contributed by atoms with E-state index in [0.29, 0.717) is 6.61 Å². The summed E-state index contributed by atoms with van der Waals surface area (Å²) in [6.07, 6.45) is 7.72. The normalized spacial score (nSPS) is 25.2. The van der Waals surface area contributed by atoms with Crippen molar-refractivity contribution in [2.75, 3.05) is 13.2 Å². The van der Waals surface area contributed by atoms with E-state index in [0.717, 1.165) is 12.3 Å². The third-order valence-electron chi connectivity index (χ3n) is 2.28. The first-order valence-electron chi connectivity index (χ1n) is 4.74. The maximum Gasteiger partial charge on any atom is 0.137 e. The molecule has 0 saturated carbocycles. The molecule has 0 fully saturated rings. The number of nitrogens with zero attached hydrogens (tertiary/aromatic N) is 1. The predicted molar refractivity (Wildman–Crippen MR) is 55.3 cm³/mol. The highest BCUT2D eigenvalue weighted by Gasteiger charge is 2.23. The Bertz CT molecular complexity index is 323. The molecule has 3 nitrogen and oxygen atoms in total. The highest BCUT2D eigenvalue weighted by molar-refractivity contribution is 5.18. The monoisotopic (exact) mass is 190 g/mol. The molecule has 0 radical (unpaired) electrons. The first-order chi connectivity index (χ1) is 6.79. The molecular weight excluding hydrogens is 176 g/mol. The van der Waals surface area contributed by atoms with Gasteiger partial charge in [0.15, 0.2) is 0 Å². The molecule has 0 spiro atoms. The third kappa shape index (κ3) is 2.12. The number of hydrogen-bond acceptors (Lipinski definition) is 3. The molecule has 1 aromatic heterocycles. The molecule has 0 aromatic carbocycles. The molecule has 0 bridgehead atoms. The van der Waals surface area contributed by atoms with Gasteiger partial charge in [-0.3, -0.25) is 4.98 Å². The minimum Gasteiger partial charge on any atom is -0.490 e. The Labute approximate surface area is 83.8 Å². The van der Waals surface area contributed by atoms with E-state index in [-0.39, 0.29) is 5.54 Å². The number of nitrogens with one attached hydrogen (secondary N) is 1. The van der Waals surface area contributed by atoms with Crippen molar-refractivity contribution in [1.82, 2.24) is 10.3 Å². The van der Waals surface area contributed by atoms with Crippen LogP contribution < -0.4 is 10.1 Å². The van der Waals surface area contributed by atoms with Crippen molar-refractivity contribution < 1.29 is 4.74 Å². The van der Waals surface area contributed by atoms with Gasteiger partial charge in [0, 0.05) is 12.7 Å². The summed E-state index contributed by atoms with van der Waals surface area (Å²) in [5.41, 5.74) is -0.0319. The molecule has 1 aliphatic heterocycles. The minimum atomic E-state index is -0.0319. The topological polar surface area (TPSA) is 34.1 Å². The van der Waals surface area contributed by atoms with Crippen LogP contribution in [0.2, 0.25) is 0 Å². The van der Waals surface area contributed by atoms with Crippen LogP contribution in [0.1, 0.15) is 6.92 Å². The van der Waals surface area contributed by atoms with Crippen LogP contribution in [-0.2, 0) is 0 Å². The lowest BCUT2D eigenvalue weighted by Gasteiger charge is -2.22. The zero-order chi connectivity index (χ0) is 9.86. The predicted octanol–water partition coefficient (Wildman–Crippen LogP) is 1.38. The van der Waals surface area contributed by atoms with Crippen LogP contribution in [0.4, 0.5) is 0 Å². The summed E-state index contributed by atoms with van der Waals surface area (Å²) in [5, 5.41) is 3.35. The second kappa shape index (κ2) is 3.80. The van der Waals surface area contributed by atoms with Gasteiger partial charge in [0.2, 0.25) is 0 Å². The number of aromatic nitrogens is 1. The van der Waals surface area contributed by atoms with Crippen LogP contribution in [0.5, 0.6) is 5.75 Å². The number of pyridine rings is 1. The van der Waals surface area contributed by atoms with E-state index in [1.807, 2.05) is 12.1 Å². The smallest absolute Gasteiger partial charge is 0.137 e. The summed E-state index contributed by atoms with van der Waals surface area (Å²) in [5.74, 6) is 0.816. The summed E-state index contributed by atoms with van der Waals surface area (Å²) >= 11 is 0. The van der Waals surface area contributed by atoms with E-state index in [4.69, 9.17) is 4.74 Å². The van der Waals surface area contributed by atoms with E-state index < -0.39 is 0 Å². The Balaban J connectivity index is 1.91. The van der Waals surface area contributed by atoms with Crippen molar-refractivity contribution >= 4 is 0 Å². The Morgan fingerprint density at radius 1 is 1.64 bits per heavy atom. The Hall–Kier alpha value is -1.35. The van der Waals surface area contributed by atoms with Crippen LogP contribution in [-0.4, -0.2) is 23.7 Å². The summed E-state index contributed by atoms with van der Waals surface area (Å²) in [7, 11) is 0. The van der Waals surface area contributed by atoms with Crippen LogP contribution in [0.15, 0.2) is 36.7 Å². The molecule has 0 saturated heterocycles. The van der Waals surface area contributed by atoms with Gasteiger partial charge in [-0.05, 0) is 19.1 Å². The molecular formula is C11H14N2O. The van der Waals surface area contributed by atoms with Gasteiger partial charge in [-0.2, -0.15) is 0 Å². The molecule has 0 unspecified atom stereocenters. The summed E-state index contributed by atoms with van der Waals surface area (Å²) in [6.45, 7) is 3.68. The van der Waals surface area contributed by atoms with Gasteiger partial charge in [-0.15, -0.1) is 0 Å². The first-order valence-corrected chi connectivity index (χ1v) is 4.74. The van der Waals surface area contributed by atoms with Gasteiger partial charge < -0.3 is 10.1 Å². The third-order valence-corrected chi connectivity index (χ3v) is 2.28. The average Bonchev–Trinajstić information content (AvgIpc) is 2.65. The maximum absolute atomic E-state index is 5.62. The second-order valence-corrected chi connectivity index (χ2v) is 3.68. The molecule has 2 rings (SSSR count). The average molecular weight is 190 g/mol. The highest BCUT2D eigenvalue weighted by atomic mass is 16.5. The lowest BCUT2D eigenvalue weighted by molar-refractivity contribution is 0.239. The van der Waals surface area contributed by atoms with Crippen molar-refractivity contribution in [3.05, 3.63) is 36.7 Å². The number of rotatable bonds is 3. The molecule has 1 N–H and O–H groups in total. The van der Waals surface area contributed by atoms with Gasteiger partial charge in [0.1, 0.15) is 12.4 Å². The molecule has 74 valence electrons. The zero-order valence-electron chi connectivity index (χ0n) is 8.23. The van der Waals surface area contributed by atoms with Gasteiger partial charge in [-0.1, -0.05) is 12.2 Å². The second-order valence-electron chi connectivity index (χ2n) is 3.68. The van der Waals surface area contributed by atoms with Gasteiger partial charge >= 0.3 is 0 Å². The van der Waals surface area contributed by atoms with E-state index in [1.54, 1.807) is 12.4 Å². The minimum absolute atomic E-state index is 0.0319. The molecule has 1 atom stereocenters. The molecule has 1 aromatic rings. The zero-order valence-corrected chi connectivity index (χ0v) is 8.23. The summed E-state index contributed by atoms with van der Waals surface area (Å²) in [6, 6.07) is 3.78. The van der Waals surface area contributed by atoms with E-state index in [9.17, 15) is 0 Å². The van der Waals surface area contributed by atoms with Crippen LogP contribution in [0, 0.1) is 0 Å². The summed E-state index contributed by atoms with van der Waals surface area (Å²) in [4.78, 5) is 3.99. The van der Waals surface area contributed by atoms with Crippen molar-refractivity contribution in [1.29, 1.82) is 0 Å². The molecule has 14 heavy (non-hydrogen) atoms. The van der Waals surface area contributed by atoms with Crippen molar-refractivity contribution in [3.63, 3.8) is 0 Å². The fraction of sp³-hybridized carbons (Fsp3) is 0.364. The van der Waals surface area contributed by atoms with Gasteiger partial charge in [0.05, 0.1) is 11.7 Å².